The van der Waals surface area contributed by atoms with Gasteiger partial charge in [-0.05, 0) is 36.8 Å². The summed E-state index contributed by atoms with van der Waals surface area (Å²) in [6, 6.07) is 15.5. The Bertz CT molecular complexity index is 1100. The number of benzene rings is 2. The lowest BCUT2D eigenvalue weighted by molar-refractivity contribution is -0.387. The minimum Gasteiger partial charge on any atom is -0.373 e. The minimum absolute atomic E-state index is 0.0415. The summed E-state index contributed by atoms with van der Waals surface area (Å²) in [7, 11) is -4.03. The summed E-state index contributed by atoms with van der Waals surface area (Å²) in [4.78, 5) is 10.5. The first-order chi connectivity index (χ1) is 14.7. The summed E-state index contributed by atoms with van der Waals surface area (Å²) in [5.74, 6) is -0.0415. The van der Waals surface area contributed by atoms with Crippen LogP contribution in [0, 0.1) is 21.4 Å². The van der Waals surface area contributed by atoms with Crippen LogP contribution in [-0.2, 0) is 14.8 Å². The van der Waals surface area contributed by atoms with Crippen molar-refractivity contribution in [1.29, 1.82) is 0 Å². The molecule has 2 aliphatic rings. The largest absolute Gasteiger partial charge is 0.373 e. The van der Waals surface area contributed by atoms with E-state index in [1.54, 1.807) is 0 Å². The molecule has 2 fully saturated rings. The van der Waals surface area contributed by atoms with E-state index in [2.05, 4.69) is 6.58 Å². The Balaban J connectivity index is 1.69. The Morgan fingerprint density at radius 2 is 1.87 bits per heavy atom. The number of ether oxygens (including phenoxy) is 1. The molecule has 2 saturated heterocycles. The number of nitrogens with zero attached hydrogens (tertiary/aromatic N) is 2. The van der Waals surface area contributed by atoms with Gasteiger partial charge in [-0.25, -0.2) is 8.42 Å². The van der Waals surface area contributed by atoms with Crippen molar-refractivity contribution < 1.29 is 18.1 Å². The average molecular weight is 443 g/mol. The van der Waals surface area contributed by atoms with Gasteiger partial charge in [0.05, 0.1) is 11.0 Å². The molecule has 0 amide bonds. The van der Waals surface area contributed by atoms with Crippen molar-refractivity contribution in [2.75, 3.05) is 19.7 Å². The van der Waals surface area contributed by atoms with E-state index in [1.165, 1.54) is 28.6 Å². The maximum Gasteiger partial charge on any atom is 0.289 e. The smallest absolute Gasteiger partial charge is 0.289 e. The van der Waals surface area contributed by atoms with Crippen molar-refractivity contribution in [3.8, 4) is 0 Å². The van der Waals surface area contributed by atoms with Gasteiger partial charge in [-0.2, -0.15) is 4.31 Å². The van der Waals surface area contributed by atoms with E-state index in [0.717, 1.165) is 17.6 Å². The molecule has 0 radical (unpaired) electrons. The van der Waals surface area contributed by atoms with Gasteiger partial charge < -0.3 is 4.74 Å². The van der Waals surface area contributed by atoms with Gasteiger partial charge in [-0.3, -0.25) is 10.1 Å². The van der Waals surface area contributed by atoms with Crippen molar-refractivity contribution in [2.45, 2.75) is 30.8 Å². The standard InChI is InChI=1S/C23H26N2O5S/c1-17(2)19-15-24(31(28,29)22-11-7-6-10-20(22)25(26)27)16-23(19)12-13-30-21(14-23)18-8-4-3-5-9-18/h3-11,19,21H,1,12-16H2,2H3/t19-,21-,23+/m0/s1. The normalized spacial score (nSPS) is 26.7. The zero-order valence-corrected chi connectivity index (χ0v) is 18.3. The Hall–Kier alpha value is -2.55. The molecule has 1 spiro atoms. The molecule has 0 saturated carbocycles. The number of sulfonamides is 1. The molecule has 2 aromatic rings. The monoisotopic (exact) mass is 442 g/mol. The van der Waals surface area contributed by atoms with Crippen LogP contribution in [0.15, 0.2) is 71.6 Å². The molecule has 2 heterocycles. The lowest BCUT2D eigenvalue weighted by Crippen LogP contribution is -2.39. The molecule has 0 aliphatic carbocycles. The molecule has 0 bridgehead atoms. The fourth-order valence-corrected chi connectivity index (χ4v) is 6.73. The molecule has 3 atom stereocenters. The molecule has 164 valence electrons. The SMILES string of the molecule is C=C(C)[C@@H]1CN(S(=O)(=O)c2ccccc2[N+](=O)[O-])C[C@]12CCO[C@H](c1ccccc1)C2. The molecule has 2 aliphatic heterocycles. The molecule has 0 unspecified atom stereocenters. The predicted octanol–water partition coefficient (Wildman–Crippen LogP) is 4.33. The maximum atomic E-state index is 13.5. The van der Waals surface area contributed by atoms with E-state index in [9.17, 15) is 18.5 Å². The number of para-hydroxylation sites is 1. The van der Waals surface area contributed by atoms with E-state index in [0.29, 0.717) is 19.6 Å². The highest BCUT2D eigenvalue weighted by molar-refractivity contribution is 7.89. The maximum absolute atomic E-state index is 13.5. The zero-order chi connectivity index (χ0) is 22.2. The minimum atomic E-state index is -4.03. The third kappa shape index (κ3) is 3.91. The first kappa shape index (κ1) is 21.7. The Kier molecular flexibility index (Phi) is 5.72. The van der Waals surface area contributed by atoms with Crippen LogP contribution in [0.2, 0.25) is 0 Å². The molecule has 4 rings (SSSR count). The van der Waals surface area contributed by atoms with Crippen molar-refractivity contribution >= 4 is 15.7 Å². The van der Waals surface area contributed by atoms with Crippen molar-refractivity contribution in [1.82, 2.24) is 4.31 Å². The summed E-state index contributed by atoms with van der Waals surface area (Å²) in [6.45, 7) is 7.18. The Labute approximate surface area is 182 Å². The van der Waals surface area contributed by atoms with E-state index in [-0.39, 0.29) is 28.9 Å². The molecule has 0 aromatic heterocycles. The fraction of sp³-hybridized carbons (Fsp3) is 0.391. The summed E-state index contributed by atoms with van der Waals surface area (Å²) in [5, 5.41) is 11.4. The molecule has 7 nitrogen and oxygen atoms in total. The first-order valence-corrected chi connectivity index (χ1v) is 11.7. The number of nitro benzene ring substituents is 1. The molecular formula is C23H26N2O5S. The number of nitro groups is 1. The van der Waals surface area contributed by atoms with Gasteiger partial charge >= 0.3 is 0 Å². The summed E-state index contributed by atoms with van der Waals surface area (Å²) < 4.78 is 34.4. The molecule has 2 aromatic carbocycles. The lowest BCUT2D eigenvalue weighted by atomic mass is 9.67. The highest BCUT2D eigenvalue weighted by Crippen LogP contribution is 2.52. The first-order valence-electron chi connectivity index (χ1n) is 10.3. The summed E-state index contributed by atoms with van der Waals surface area (Å²) in [5.41, 5.74) is 1.28. The number of hydrogen-bond acceptors (Lipinski definition) is 5. The van der Waals surface area contributed by atoms with Crippen LogP contribution < -0.4 is 0 Å². The molecular weight excluding hydrogens is 416 g/mol. The predicted molar refractivity (Wildman–Crippen MR) is 117 cm³/mol. The van der Waals surface area contributed by atoms with E-state index in [4.69, 9.17) is 4.74 Å². The lowest BCUT2D eigenvalue weighted by Gasteiger charge is -2.42. The van der Waals surface area contributed by atoms with Crippen LogP contribution in [0.5, 0.6) is 0 Å². The third-order valence-electron chi connectivity index (χ3n) is 6.57. The molecule has 0 N–H and O–H groups in total. The van der Waals surface area contributed by atoms with Gasteiger partial charge in [-0.15, -0.1) is 0 Å². The summed E-state index contributed by atoms with van der Waals surface area (Å²) >= 11 is 0. The van der Waals surface area contributed by atoms with E-state index in [1.807, 2.05) is 37.3 Å². The second-order valence-electron chi connectivity index (χ2n) is 8.51. The topological polar surface area (TPSA) is 89.8 Å². The van der Waals surface area contributed by atoms with E-state index < -0.39 is 20.6 Å². The second kappa shape index (κ2) is 8.18. The van der Waals surface area contributed by atoms with Gasteiger partial charge in [0.1, 0.15) is 0 Å². The molecule has 31 heavy (non-hydrogen) atoms. The van der Waals surface area contributed by atoms with Crippen LogP contribution in [-0.4, -0.2) is 37.3 Å². The van der Waals surface area contributed by atoms with Gasteiger partial charge in [-0.1, -0.05) is 54.6 Å². The molecule has 8 heteroatoms. The average Bonchev–Trinajstić information content (AvgIpc) is 3.14. The van der Waals surface area contributed by atoms with Gasteiger partial charge in [0.25, 0.3) is 5.69 Å². The van der Waals surface area contributed by atoms with Crippen LogP contribution in [0.3, 0.4) is 0 Å². The van der Waals surface area contributed by atoms with Crippen molar-refractivity contribution in [2.24, 2.45) is 11.3 Å². The van der Waals surface area contributed by atoms with Gasteiger partial charge in [0.2, 0.25) is 10.0 Å². The second-order valence-corrected chi connectivity index (χ2v) is 10.4. The van der Waals surface area contributed by atoms with Crippen LogP contribution >= 0.6 is 0 Å². The number of hydrogen-bond donors (Lipinski definition) is 0. The van der Waals surface area contributed by atoms with E-state index >= 15 is 0 Å². The Morgan fingerprint density at radius 1 is 1.19 bits per heavy atom. The highest BCUT2D eigenvalue weighted by Gasteiger charge is 2.53. The quantitative estimate of drug-likeness (QED) is 0.391. The number of rotatable bonds is 5. The van der Waals surface area contributed by atoms with Crippen LogP contribution in [0.25, 0.3) is 0 Å². The van der Waals surface area contributed by atoms with Crippen molar-refractivity contribution in [3.63, 3.8) is 0 Å². The Morgan fingerprint density at radius 3 is 2.55 bits per heavy atom. The fourth-order valence-electron chi connectivity index (χ4n) is 5.03. The van der Waals surface area contributed by atoms with Gasteiger partial charge in [0.15, 0.2) is 4.90 Å². The van der Waals surface area contributed by atoms with Crippen LogP contribution in [0.4, 0.5) is 5.69 Å². The van der Waals surface area contributed by atoms with Gasteiger partial charge in [0, 0.05) is 31.7 Å². The van der Waals surface area contributed by atoms with Crippen LogP contribution in [0.1, 0.15) is 31.4 Å². The third-order valence-corrected chi connectivity index (χ3v) is 8.43. The summed E-state index contributed by atoms with van der Waals surface area (Å²) in [6.07, 6.45) is 1.28. The van der Waals surface area contributed by atoms with Crippen molar-refractivity contribution in [3.05, 3.63) is 82.4 Å². The highest BCUT2D eigenvalue weighted by atomic mass is 32.2. The zero-order valence-electron chi connectivity index (χ0n) is 17.4.